The first-order valence-corrected chi connectivity index (χ1v) is 9.28. The molecule has 0 saturated heterocycles. The van der Waals surface area contributed by atoms with Gasteiger partial charge in [-0.1, -0.05) is 38.1 Å². The van der Waals surface area contributed by atoms with Crippen molar-refractivity contribution in [3.05, 3.63) is 59.7 Å². The van der Waals surface area contributed by atoms with Crippen molar-refractivity contribution in [3.8, 4) is 5.75 Å². The number of benzene rings is 2. The molecule has 0 spiro atoms. The number of nitrogens with one attached hydrogen (secondary N) is 2. The molecule has 0 saturated carbocycles. The lowest BCUT2D eigenvalue weighted by molar-refractivity contribution is 0.340. The van der Waals surface area contributed by atoms with E-state index in [1.165, 1.54) is 11.1 Å². The van der Waals surface area contributed by atoms with E-state index in [0.717, 1.165) is 17.9 Å². The molecule has 0 aliphatic carbocycles. The Bertz CT molecular complexity index is 665. The van der Waals surface area contributed by atoms with Crippen LogP contribution in [0.5, 0.6) is 5.75 Å². The molecule has 0 heterocycles. The van der Waals surface area contributed by atoms with Gasteiger partial charge in [0.2, 0.25) is 0 Å². The molecular formula is C21H28N2OS. The Morgan fingerprint density at radius 3 is 2.20 bits per heavy atom. The molecule has 0 fully saturated rings. The molecule has 0 aliphatic rings. The lowest BCUT2D eigenvalue weighted by Crippen LogP contribution is -2.30. The van der Waals surface area contributed by atoms with Gasteiger partial charge in [0.1, 0.15) is 5.75 Å². The summed E-state index contributed by atoms with van der Waals surface area (Å²) in [6.45, 7) is 9.23. The summed E-state index contributed by atoms with van der Waals surface area (Å²) in [5.41, 5.74) is 3.55. The fourth-order valence-corrected chi connectivity index (χ4v) is 2.96. The van der Waals surface area contributed by atoms with Gasteiger partial charge < -0.3 is 15.4 Å². The third-order valence-corrected chi connectivity index (χ3v) is 4.11. The van der Waals surface area contributed by atoms with E-state index in [2.05, 4.69) is 55.7 Å². The van der Waals surface area contributed by atoms with Crippen LogP contribution in [0, 0.1) is 5.92 Å². The average Bonchev–Trinajstić information content (AvgIpc) is 2.57. The molecule has 2 rings (SSSR count). The van der Waals surface area contributed by atoms with Crippen LogP contribution in [0.15, 0.2) is 48.5 Å². The first-order chi connectivity index (χ1) is 12.0. The third kappa shape index (κ3) is 6.39. The Balaban J connectivity index is 1.88. The molecule has 25 heavy (non-hydrogen) atoms. The highest BCUT2D eigenvalue weighted by Crippen LogP contribution is 2.18. The normalized spacial score (nSPS) is 11.9. The van der Waals surface area contributed by atoms with Crippen molar-refractivity contribution in [1.29, 1.82) is 0 Å². The largest absolute Gasteiger partial charge is 0.494 e. The maximum atomic E-state index is 5.45. The highest BCUT2D eigenvalue weighted by atomic mass is 32.1. The van der Waals surface area contributed by atoms with E-state index >= 15 is 0 Å². The molecule has 2 aromatic carbocycles. The van der Waals surface area contributed by atoms with E-state index in [4.69, 9.17) is 17.0 Å². The van der Waals surface area contributed by atoms with Crippen LogP contribution in [0.25, 0.3) is 0 Å². The summed E-state index contributed by atoms with van der Waals surface area (Å²) in [4.78, 5) is 0. The van der Waals surface area contributed by atoms with Crippen LogP contribution in [-0.4, -0.2) is 11.7 Å². The molecule has 2 aromatic rings. The minimum absolute atomic E-state index is 0.149. The third-order valence-electron chi connectivity index (χ3n) is 3.89. The van der Waals surface area contributed by atoms with E-state index in [1.807, 2.05) is 31.2 Å². The predicted octanol–water partition coefficient (Wildman–Crippen LogP) is 5.33. The molecule has 0 amide bonds. The Morgan fingerprint density at radius 1 is 1.00 bits per heavy atom. The van der Waals surface area contributed by atoms with Gasteiger partial charge in [-0.15, -0.1) is 0 Å². The minimum atomic E-state index is 0.149. The van der Waals surface area contributed by atoms with E-state index in [9.17, 15) is 0 Å². The molecule has 3 nitrogen and oxygen atoms in total. The number of thiocarbonyl (C=S) groups is 1. The van der Waals surface area contributed by atoms with Gasteiger partial charge >= 0.3 is 0 Å². The second-order valence-electron chi connectivity index (χ2n) is 6.62. The maximum absolute atomic E-state index is 5.45. The lowest BCUT2D eigenvalue weighted by atomic mass is 10.00. The zero-order chi connectivity index (χ0) is 18.2. The topological polar surface area (TPSA) is 33.3 Å². The zero-order valence-corrected chi connectivity index (χ0v) is 16.3. The van der Waals surface area contributed by atoms with Crippen LogP contribution in [0.3, 0.4) is 0 Å². The standard InChI is InChI=1S/C21H28N2OS/c1-5-24-20-12-10-19(11-13-20)23-21(25)22-16(4)18-8-6-17(7-9-18)14-15(2)3/h6-13,15-16H,5,14H2,1-4H3,(H2,22,23,25)/t16-/m0/s1. The van der Waals surface area contributed by atoms with Crippen molar-refractivity contribution < 1.29 is 4.74 Å². The van der Waals surface area contributed by atoms with Crippen LogP contribution >= 0.6 is 12.2 Å². The first-order valence-electron chi connectivity index (χ1n) is 8.87. The van der Waals surface area contributed by atoms with Crippen molar-refractivity contribution >= 4 is 23.0 Å². The predicted molar refractivity (Wildman–Crippen MR) is 110 cm³/mol. The van der Waals surface area contributed by atoms with Gasteiger partial charge in [-0.05, 0) is 73.8 Å². The zero-order valence-electron chi connectivity index (χ0n) is 15.5. The van der Waals surface area contributed by atoms with E-state index in [-0.39, 0.29) is 6.04 Å². The van der Waals surface area contributed by atoms with E-state index in [0.29, 0.717) is 17.6 Å². The van der Waals surface area contributed by atoms with Crippen molar-refractivity contribution in [2.24, 2.45) is 5.92 Å². The Morgan fingerprint density at radius 2 is 1.64 bits per heavy atom. The summed E-state index contributed by atoms with van der Waals surface area (Å²) in [7, 11) is 0. The number of hydrogen-bond acceptors (Lipinski definition) is 2. The SMILES string of the molecule is CCOc1ccc(NC(=S)N[C@@H](C)c2ccc(CC(C)C)cc2)cc1. The van der Waals surface area contributed by atoms with Gasteiger partial charge in [0, 0.05) is 5.69 Å². The van der Waals surface area contributed by atoms with Crippen LogP contribution in [-0.2, 0) is 6.42 Å². The summed E-state index contributed by atoms with van der Waals surface area (Å²) in [5, 5.41) is 7.16. The van der Waals surface area contributed by atoms with Crippen molar-refractivity contribution in [2.45, 2.75) is 40.2 Å². The number of rotatable bonds is 7. The molecule has 0 unspecified atom stereocenters. The monoisotopic (exact) mass is 356 g/mol. The molecule has 134 valence electrons. The molecule has 0 bridgehead atoms. The molecule has 4 heteroatoms. The van der Waals surface area contributed by atoms with Gasteiger partial charge in [-0.25, -0.2) is 0 Å². The van der Waals surface area contributed by atoms with Crippen LogP contribution in [0.1, 0.15) is 44.9 Å². The Hall–Kier alpha value is -2.07. The number of anilines is 1. The van der Waals surface area contributed by atoms with Crippen LogP contribution in [0.4, 0.5) is 5.69 Å². The van der Waals surface area contributed by atoms with Gasteiger partial charge in [0.25, 0.3) is 0 Å². The smallest absolute Gasteiger partial charge is 0.171 e. The van der Waals surface area contributed by atoms with Gasteiger partial charge in [-0.2, -0.15) is 0 Å². The van der Waals surface area contributed by atoms with Crippen molar-refractivity contribution in [1.82, 2.24) is 5.32 Å². The maximum Gasteiger partial charge on any atom is 0.171 e. The van der Waals surface area contributed by atoms with Crippen molar-refractivity contribution in [2.75, 3.05) is 11.9 Å². The Kier molecular flexibility index (Phi) is 7.26. The minimum Gasteiger partial charge on any atom is -0.494 e. The van der Waals surface area contributed by atoms with Gasteiger partial charge in [0.05, 0.1) is 12.6 Å². The summed E-state index contributed by atoms with van der Waals surface area (Å²) in [6.07, 6.45) is 1.11. The van der Waals surface area contributed by atoms with Gasteiger partial charge in [0.15, 0.2) is 5.11 Å². The fourth-order valence-electron chi connectivity index (χ4n) is 2.66. The van der Waals surface area contributed by atoms with E-state index in [1.54, 1.807) is 0 Å². The molecule has 1 atom stereocenters. The molecule has 0 aliphatic heterocycles. The van der Waals surface area contributed by atoms with Gasteiger partial charge in [-0.3, -0.25) is 0 Å². The lowest BCUT2D eigenvalue weighted by Gasteiger charge is -2.18. The molecular weight excluding hydrogens is 328 g/mol. The highest BCUT2D eigenvalue weighted by Gasteiger charge is 2.08. The second-order valence-corrected chi connectivity index (χ2v) is 7.03. The summed E-state index contributed by atoms with van der Waals surface area (Å²) >= 11 is 5.43. The van der Waals surface area contributed by atoms with Crippen LogP contribution < -0.4 is 15.4 Å². The summed E-state index contributed by atoms with van der Waals surface area (Å²) in [5.74, 6) is 1.54. The summed E-state index contributed by atoms with van der Waals surface area (Å²) in [6, 6.07) is 16.7. The summed E-state index contributed by atoms with van der Waals surface area (Å²) < 4.78 is 5.45. The first kappa shape index (κ1) is 19.3. The van der Waals surface area contributed by atoms with E-state index < -0.39 is 0 Å². The molecule has 0 aromatic heterocycles. The molecule has 0 radical (unpaired) electrons. The van der Waals surface area contributed by atoms with Crippen LogP contribution in [0.2, 0.25) is 0 Å². The molecule has 2 N–H and O–H groups in total. The number of ether oxygens (including phenoxy) is 1. The second kappa shape index (κ2) is 9.42. The van der Waals surface area contributed by atoms with Crippen molar-refractivity contribution in [3.63, 3.8) is 0 Å². The fraction of sp³-hybridized carbons (Fsp3) is 0.381. The average molecular weight is 357 g/mol. The Labute approximate surface area is 156 Å². The number of hydrogen-bond donors (Lipinski definition) is 2. The highest BCUT2D eigenvalue weighted by molar-refractivity contribution is 7.80. The quantitative estimate of drug-likeness (QED) is 0.657.